The number of amides is 2. The van der Waals surface area contributed by atoms with Crippen LogP contribution in [0.5, 0.6) is 0 Å². The number of halogens is 1. The molecule has 3 N–H and O–H groups in total. The first-order valence-electron chi connectivity index (χ1n) is 11.4. The average molecular weight is 512 g/mol. The summed E-state index contributed by atoms with van der Waals surface area (Å²) in [4.78, 5) is 36.3. The molecule has 0 saturated carbocycles. The maximum Gasteiger partial charge on any atom is 0.251 e. The molecule has 0 radical (unpaired) electrons. The number of nitrogens with one attached hydrogen (secondary N) is 3. The van der Waals surface area contributed by atoms with Crippen molar-refractivity contribution >= 4 is 67.1 Å². The van der Waals surface area contributed by atoms with Crippen LogP contribution in [0.15, 0.2) is 36.4 Å². The fraction of sp³-hybridized carbons (Fsp3) is 0.333. The minimum Gasteiger partial charge on any atom is -0.343 e. The van der Waals surface area contributed by atoms with Crippen LogP contribution in [-0.2, 0) is 11.8 Å². The fourth-order valence-corrected chi connectivity index (χ4v) is 5.42. The number of thiazole rings is 1. The molecule has 1 aliphatic rings. The second kappa shape index (κ2) is 9.80. The lowest BCUT2D eigenvalue weighted by Gasteiger charge is -2.31. The van der Waals surface area contributed by atoms with Crippen molar-refractivity contribution in [2.24, 2.45) is 7.05 Å². The van der Waals surface area contributed by atoms with Gasteiger partial charge >= 0.3 is 0 Å². The first-order valence-corrected chi connectivity index (χ1v) is 12.6. The maximum absolute atomic E-state index is 12.7. The number of nitrogens with zero attached hydrogens (tertiary/aromatic N) is 4. The molecule has 1 saturated heterocycles. The van der Waals surface area contributed by atoms with Crippen LogP contribution in [0.4, 0.5) is 11.1 Å². The van der Waals surface area contributed by atoms with E-state index in [1.165, 1.54) is 11.3 Å². The zero-order chi connectivity index (χ0) is 24.5. The molecular formula is C24H26ClN7O2S. The highest BCUT2D eigenvalue weighted by Gasteiger charge is 2.22. The Morgan fingerprint density at radius 1 is 1.11 bits per heavy atom. The Morgan fingerprint density at radius 3 is 2.69 bits per heavy atom. The van der Waals surface area contributed by atoms with Gasteiger partial charge in [-0.05, 0) is 56.3 Å². The predicted octanol–water partition coefficient (Wildman–Crippen LogP) is 3.52. The van der Waals surface area contributed by atoms with E-state index in [1.807, 2.05) is 47.8 Å². The Hall–Kier alpha value is -3.21. The summed E-state index contributed by atoms with van der Waals surface area (Å²) >= 11 is 7.57. The molecule has 0 unspecified atom stereocenters. The van der Waals surface area contributed by atoms with Crippen LogP contribution in [0, 0.1) is 0 Å². The molecule has 4 aromatic rings. The van der Waals surface area contributed by atoms with E-state index in [2.05, 4.69) is 25.9 Å². The van der Waals surface area contributed by atoms with Gasteiger partial charge in [-0.25, -0.2) is 9.97 Å². The van der Waals surface area contributed by atoms with Crippen LogP contribution < -0.4 is 16.0 Å². The number of hydrogen-bond acceptors (Lipinski definition) is 7. The molecule has 0 atom stereocenters. The Morgan fingerprint density at radius 2 is 1.91 bits per heavy atom. The van der Waals surface area contributed by atoms with Crippen LogP contribution in [0.3, 0.4) is 0 Å². The molecule has 1 aliphatic heterocycles. The molecule has 0 spiro atoms. The topological polar surface area (TPSA) is 104 Å². The fourth-order valence-electron chi connectivity index (χ4n) is 4.29. The van der Waals surface area contributed by atoms with Gasteiger partial charge in [0.25, 0.3) is 5.91 Å². The number of rotatable bonds is 6. The lowest BCUT2D eigenvalue weighted by atomic mass is 10.1. The van der Waals surface area contributed by atoms with Crippen molar-refractivity contribution in [2.45, 2.75) is 18.9 Å². The molecule has 3 heterocycles. The highest BCUT2D eigenvalue weighted by Crippen LogP contribution is 2.31. The van der Waals surface area contributed by atoms with Crippen LogP contribution in [0.25, 0.3) is 21.3 Å². The molecule has 2 amide bonds. The maximum atomic E-state index is 12.7. The molecule has 0 aliphatic carbocycles. The van der Waals surface area contributed by atoms with E-state index in [4.69, 9.17) is 11.6 Å². The number of hydrogen-bond donors (Lipinski definition) is 3. The van der Waals surface area contributed by atoms with Crippen molar-refractivity contribution in [1.29, 1.82) is 0 Å². The second-order valence-electron chi connectivity index (χ2n) is 8.58. The van der Waals surface area contributed by atoms with E-state index in [0.717, 1.165) is 28.6 Å². The number of aromatic nitrogens is 3. The first kappa shape index (κ1) is 23.5. The van der Waals surface area contributed by atoms with Gasteiger partial charge in [0.1, 0.15) is 0 Å². The van der Waals surface area contributed by atoms with Crippen molar-refractivity contribution < 1.29 is 9.59 Å². The molecule has 11 heteroatoms. The molecule has 0 bridgehead atoms. The van der Waals surface area contributed by atoms with Gasteiger partial charge in [-0.15, -0.1) is 0 Å². The standard InChI is InChI=1S/C24H26ClN7O2S/c1-26-16-7-9-32(10-8-16)21(33)13-27-22(34)14-3-6-19-18(11-14)28-23(31(19)2)30-24-29-17-5-4-15(25)12-20(17)35-24/h3-6,11-12,16,26H,7-10,13H2,1-2H3,(H,27,34)(H,28,29,30). The third-order valence-corrected chi connectivity index (χ3v) is 7.54. The van der Waals surface area contributed by atoms with Gasteiger partial charge in [0.15, 0.2) is 5.13 Å². The quantitative estimate of drug-likeness (QED) is 0.366. The number of likely N-dealkylation sites (tertiary alicyclic amines) is 1. The molecule has 35 heavy (non-hydrogen) atoms. The molecule has 5 rings (SSSR count). The zero-order valence-corrected chi connectivity index (χ0v) is 21.0. The number of piperidine rings is 1. The van der Waals surface area contributed by atoms with E-state index in [1.54, 1.807) is 12.1 Å². The normalized spacial score (nSPS) is 14.5. The summed E-state index contributed by atoms with van der Waals surface area (Å²) in [5.74, 6) is 0.256. The van der Waals surface area contributed by atoms with E-state index in [-0.39, 0.29) is 18.4 Å². The van der Waals surface area contributed by atoms with Crippen LogP contribution in [-0.4, -0.2) is 64.0 Å². The largest absolute Gasteiger partial charge is 0.343 e. The summed E-state index contributed by atoms with van der Waals surface area (Å²) in [5, 5.41) is 10.6. The van der Waals surface area contributed by atoms with Crippen LogP contribution in [0.1, 0.15) is 23.2 Å². The number of fused-ring (bicyclic) bond motifs is 2. The first-order chi connectivity index (χ1) is 16.9. The average Bonchev–Trinajstić information content (AvgIpc) is 3.41. The van der Waals surface area contributed by atoms with Gasteiger partial charge < -0.3 is 25.4 Å². The molecular weight excluding hydrogens is 486 g/mol. The summed E-state index contributed by atoms with van der Waals surface area (Å²) in [6.45, 7) is 1.40. The molecule has 2 aromatic carbocycles. The Labute approximate surface area is 211 Å². The smallest absolute Gasteiger partial charge is 0.251 e. The van der Waals surface area contributed by atoms with E-state index in [0.29, 0.717) is 46.3 Å². The zero-order valence-electron chi connectivity index (χ0n) is 19.5. The van der Waals surface area contributed by atoms with Crippen LogP contribution >= 0.6 is 22.9 Å². The highest BCUT2D eigenvalue weighted by molar-refractivity contribution is 7.22. The number of carbonyl (C=O) groups excluding carboxylic acids is 2. The van der Waals surface area contributed by atoms with E-state index >= 15 is 0 Å². The number of carbonyl (C=O) groups is 2. The monoisotopic (exact) mass is 511 g/mol. The number of imidazole rings is 1. The minimum atomic E-state index is -0.298. The van der Waals surface area contributed by atoms with Gasteiger partial charge in [0.2, 0.25) is 11.9 Å². The van der Waals surface area contributed by atoms with Crippen LogP contribution in [0.2, 0.25) is 5.02 Å². The molecule has 9 nitrogen and oxygen atoms in total. The lowest BCUT2D eigenvalue weighted by Crippen LogP contribution is -2.47. The lowest BCUT2D eigenvalue weighted by molar-refractivity contribution is -0.131. The van der Waals surface area contributed by atoms with Gasteiger partial charge in [-0.2, -0.15) is 0 Å². The minimum absolute atomic E-state index is 0.0161. The summed E-state index contributed by atoms with van der Waals surface area (Å²) < 4.78 is 2.90. The third-order valence-electron chi connectivity index (χ3n) is 6.37. The van der Waals surface area contributed by atoms with Crippen molar-refractivity contribution in [2.75, 3.05) is 32.0 Å². The van der Waals surface area contributed by atoms with Crippen molar-refractivity contribution in [3.05, 3.63) is 47.0 Å². The number of benzene rings is 2. The van der Waals surface area contributed by atoms with Gasteiger partial charge in [-0.1, -0.05) is 22.9 Å². The van der Waals surface area contributed by atoms with Gasteiger partial charge in [0.05, 0.1) is 27.8 Å². The Balaban J connectivity index is 1.26. The highest BCUT2D eigenvalue weighted by atomic mass is 35.5. The summed E-state index contributed by atoms with van der Waals surface area (Å²) in [5.41, 5.74) is 2.86. The van der Waals surface area contributed by atoms with Gasteiger partial charge in [0, 0.05) is 36.8 Å². The predicted molar refractivity (Wildman–Crippen MR) is 140 cm³/mol. The molecule has 182 valence electrons. The number of aryl methyl sites for hydroxylation is 1. The van der Waals surface area contributed by atoms with Crippen molar-refractivity contribution in [3.63, 3.8) is 0 Å². The third kappa shape index (κ3) is 4.95. The molecule has 2 aromatic heterocycles. The molecule has 1 fully saturated rings. The van der Waals surface area contributed by atoms with E-state index in [9.17, 15) is 9.59 Å². The van der Waals surface area contributed by atoms with Crippen molar-refractivity contribution in [1.82, 2.24) is 30.1 Å². The summed E-state index contributed by atoms with van der Waals surface area (Å²) in [6.07, 6.45) is 1.85. The Bertz CT molecular complexity index is 1410. The SMILES string of the molecule is CNC1CCN(C(=O)CNC(=O)c2ccc3c(c2)nc(Nc2nc4ccc(Cl)cc4s2)n3C)CC1. The summed E-state index contributed by atoms with van der Waals surface area (Å²) in [6, 6.07) is 11.4. The van der Waals surface area contributed by atoms with Crippen molar-refractivity contribution in [3.8, 4) is 0 Å². The second-order valence-corrected chi connectivity index (χ2v) is 10.0. The number of anilines is 2. The van der Waals surface area contributed by atoms with E-state index < -0.39 is 0 Å². The Kier molecular flexibility index (Phi) is 6.59. The van der Waals surface area contributed by atoms with Gasteiger partial charge in [-0.3, -0.25) is 9.59 Å². The summed E-state index contributed by atoms with van der Waals surface area (Å²) in [7, 11) is 3.84.